The summed E-state index contributed by atoms with van der Waals surface area (Å²) in [4.78, 5) is 13.0. The average Bonchev–Trinajstić information content (AvgIpc) is 3.41. The number of hydrogen-bond donors (Lipinski definition) is 3. The third-order valence-corrected chi connectivity index (χ3v) is 5.90. The Morgan fingerprint density at radius 3 is 2.80 bits per heavy atom. The zero-order valence-corrected chi connectivity index (χ0v) is 17.6. The highest BCUT2D eigenvalue weighted by Crippen LogP contribution is 2.23. The molecule has 1 atom stereocenters. The van der Waals surface area contributed by atoms with Crippen molar-refractivity contribution >= 4 is 35.1 Å². The summed E-state index contributed by atoms with van der Waals surface area (Å²) in [6, 6.07) is 9.74. The SMILES string of the molecule is O=C(/C=C/c1cccs1)NCCc1nnc(SCC(O)CO)n1-c1ccc(F)cc1. The molecule has 3 aromatic rings. The molecule has 0 saturated carbocycles. The van der Waals surface area contributed by atoms with Gasteiger partial charge in [-0.2, -0.15) is 0 Å². The summed E-state index contributed by atoms with van der Waals surface area (Å²) in [7, 11) is 0. The number of aliphatic hydroxyl groups is 2. The molecule has 2 aromatic heterocycles. The molecule has 3 rings (SSSR count). The van der Waals surface area contributed by atoms with Crippen LogP contribution >= 0.6 is 23.1 Å². The molecule has 0 saturated heterocycles. The molecule has 0 fully saturated rings. The van der Waals surface area contributed by atoms with Crippen LogP contribution in [0.2, 0.25) is 0 Å². The van der Waals surface area contributed by atoms with Crippen molar-refractivity contribution in [1.29, 1.82) is 0 Å². The van der Waals surface area contributed by atoms with Gasteiger partial charge in [0.25, 0.3) is 0 Å². The molecule has 0 spiro atoms. The van der Waals surface area contributed by atoms with Crippen LogP contribution in [0.15, 0.2) is 53.0 Å². The van der Waals surface area contributed by atoms with Crippen LogP contribution in [0.1, 0.15) is 10.7 Å². The third kappa shape index (κ3) is 6.23. The minimum atomic E-state index is -0.883. The zero-order valence-electron chi connectivity index (χ0n) is 15.9. The van der Waals surface area contributed by atoms with Crippen molar-refractivity contribution in [3.05, 3.63) is 64.4 Å². The van der Waals surface area contributed by atoms with Crippen LogP contribution in [0.4, 0.5) is 4.39 Å². The van der Waals surface area contributed by atoms with Gasteiger partial charge in [-0.3, -0.25) is 9.36 Å². The molecule has 158 valence electrons. The highest BCUT2D eigenvalue weighted by atomic mass is 32.2. The Labute approximate surface area is 181 Å². The molecule has 0 aliphatic carbocycles. The van der Waals surface area contributed by atoms with E-state index in [2.05, 4.69) is 15.5 Å². The smallest absolute Gasteiger partial charge is 0.244 e. The summed E-state index contributed by atoms with van der Waals surface area (Å²) < 4.78 is 15.1. The van der Waals surface area contributed by atoms with E-state index in [1.807, 2.05) is 17.5 Å². The summed E-state index contributed by atoms with van der Waals surface area (Å²) in [6.07, 6.45) is 2.76. The normalized spacial score (nSPS) is 12.4. The molecule has 0 aliphatic rings. The Hall–Kier alpha value is -2.53. The first-order valence-electron chi connectivity index (χ1n) is 9.18. The van der Waals surface area contributed by atoms with Gasteiger partial charge in [-0.05, 0) is 41.8 Å². The van der Waals surface area contributed by atoms with Crippen LogP contribution in [0.5, 0.6) is 0 Å². The summed E-state index contributed by atoms with van der Waals surface area (Å²) in [5.41, 5.74) is 0.668. The highest BCUT2D eigenvalue weighted by molar-refractivity contribution is 7.99. The standard InChI is InChI=1S/C20H21FN4O3S2/c21-14-3-5-15(6-4-14)25-18(23-24-20(25)30-13-16(27)12-26)9-10-22-19(28)8-7-17-2-1-11-29-17/h1-8,11,16,26-27H,9-10,12-13H2,(H,22,28)/b8-7+. The minimum absolute atomic E-state index is 0.211. The number of aliphatic hydroxyl groups excluding tert-OH is 2. The van der Waals surface area contributed by atoms with Gasteiger partial charge in [-0.15, -0.1) is 21.5 Å². The van der Waals surface area contributed by atoms with Crippen molar-refractivity contribution in [1.82, 2.24) is 20.1 Å². The number of nitrogens with one attached hydrogen (secondary N) is 1. The lowest BCUT2D eigenvalue weighted by atomic mass is 10.3. The molecule has 30 heavy (non-hydrogen) atoms. The van der Waals surface area contributed by atoms with Crippen LogP contribution in [0, 0.1) is 5.82 Å². The van der Waals surface area contributed by atoms with Gasteiger partial charge in [0.15, 0.2) is 5.16 Å². The fourth-order valence-electron chi connectivity index (χ4n) is 2.53. The van der Waals surface area contributed by atoms with Gasteiger partial charge >= 0.3 is 0 Å². The zero-order chi connectivity index (χ0) is 21.3. The summed E-state index contributed by atoms with van der Waals surface area (Å²) >= 11 is 2.78. The predicted molar refractivity (Wildman–Crippen MR) is 115 cm³/mol. The van der Waals surface area contributed by atoms with E-state index < -0.39 is 6.10 Å². The number of rotatable bonds is 10. The lowest BCUT2D eigenvalue weighted by Crippen LogP contribution is -2.24. The molecular weight excluding hydrogens is 427 g/mol. The summed E-state index contributed by atoms with van der Waals surface area (Å²) in [5, 5.41) is 32.2. The maximum absolute atomic E-state index is 13.3. The maximum Gasteiger partial charge on any atom is 0.244 e. The van der Waals surface area contributed by atoms with E-state index in [0.29, 0.717) is 29.6 Å². The maximum atomic E-state index is 13.3. The van der Waals surface area contributed by atoms with Crippen molar-refractivity contribution in [3.63, 3.8) is 0 Å². The number of benzene rings is 1. The monoisotopic (exact) mass is 448 g/mol. The van der Waals surface area contributed by atoms with Gasteiger partial charge in [0.1, 0.15) is 11.6 Å². The van der Waals surface area contributed by atoms with Gasteiger partial charge in [0, 0.05) is 35.4 Å². The first-order valence-corrected chi connectivity index (χ1v) is 11.0. The number of carbonyl (C=O) groups is 1. The molecule has 1 aromatic carbocycles. The number of thiophene rings is 1. The van der Waals surface area contributed by atoms with Crippen molar-refractivity contribution < 1.29 is 19.4 Å². The Morgan fingerprint density at radius 2 is 2.10 bits per heavy atom. The van der Waals surface area contributed by atoms with Crippen LogP contribution in [0.25, 0.3) is 11.8 Å². The first-order chi connectivity index (χ1) is 14.6. The van der Waals surface area contributed by atoms with Crippen LogP contribution in [0.3, 0.4) is 0 Å². The van der Waals surface area contributed by atoms with E-state index >= 15 is 0 Å². The van der Waals surface area contributed by atoms with Crippen molar-refractivity contribution in [2.24, 2.45) is 0 Å². The third-order valence-electron chi connectivity index (χ3n) is 3.99. The number of halogens is 1. The Balaban J connectivity index is 1.68. The lowest BCUT2D eigenvalue weighted by molar-refractivity contribution is -0.116. The molecule has 0 aliphatic heterocycles. The molecule has 7 nitrogen and oxygen atoms in total. The Kier molecular flexibility index (Phi) is 8.14. The van der Waals surface area contributed by atoms with E-state index in [1.54, 1.807) is 34.1 Å². The van der Waals surface area contributed by atoms with E-state index in [4.69, 9.17) is 5.11 Å². The topological polar surface area (TPSA) is 100 Å². The van der Waals surface area contributed by atoms with Gasteiger partial charge in [-0.25, -0.2) is 4.39 Å². The second-order valence-corrected chi connectivity index (χ2v) is 8.21. The fourth-order valence-corrected chi connectivity index (χ4v) is 4.03. The quantitative estimate of drug-likeness (QED) is 0.325. The van der Waals surface area contributed by atoms with Gasteiger partial charge in [-0.1, -0.05) is 17.8 Å². The van der Waals surface area contributed by atoms with E-state index in [-0.39, 0.29) is 24.1 Å². The molecule has 3 N–H and O–H groups in total. The lowest BCUT2D eigenvalue weighted by Gasteiger charge is -2.11. The molecule has 1 amide bonds. The van der Waals surface area contributed by atoms with E-state index in [0.717, 1.165) is 4.88 Å². The minimum Gasteiger partial charge on any atom is -0.394 e. The Bertz CT molecular complexity index is 975. The number of aromatic nitrogens is 3. The highest BCUT2D eigenvalue weighted by Gasteiger charge is 2.16. The van der Waals surface area contributed by atoms with Crippen molar-refractivity contribution in [2.75, 3.05) is 18.9 Å². The second kappa shape index (κ2) is 11.0. The molecule has 0 radical (unpaired) electrons. The van der Waals surface area contributed by atoms with E-state index in [1.165, 1.54) is 30.0 Å². The largest absolute Gasteiger partial charge is 0.394 e. The van der Waals surface area contributed by atoms with Crippen LogP contribution < -0.4 is 5.32 Å². The van der Waals surface area contributed by atoms with Crippen LogP contribution in [-0.2, 0) is 11.2 Å². The summed E-state index contributed by atoms with van der Waals surface area (Å²) in [5.74, 6) is 0.255. The number of carbonyl (C=O) groups excluding carboxylic acids is 1. The van der Waals surface area contributed by atoms with Crippen LogP contribution in [-0.4, -0.2) is 55.9 Å². The number of nitrogens with zero attached hydrogens (tertiary/aromatic N) is 3. The second-order valence-electron chi connectivity index (χ2n) is 6.25. The molecule has 2 heterocycles. The number of thioether (sulfide) groups is 1. The molecular formula is C20H21FN4O3S2. The molecule has 10 heteroatoms. The van der Waals surface area contributed by atoms with E-state index in [9.17, 15) is 14.3 Å². The number of hydrogen-bond acceptors (Lipinski definition) is 7. The molecule has 0 bridgehead atoms. The first kappa shape index (κ1) is 22.2. The van der Waals surface area contributed by atoms with Gasteiger partial charge in [0.05, 0.1) is 12.7 Å². The van der Waals surface area contributed by atoms with Gasteiger partial charge in [0.2, 0.25) is 5.91 Å². The molecule has 1 unspecified atom stereocenters. The number of amides is 1. The summed E-state index contributed by atoms with van der Waals surface area (Å²) in [6.45, 7) is -0.00750. The van der Waals surface area contributed by atoms with Crippen molar-refractivity contribution in [3.8, 4) is 5.69 Å². The Morgan fingerprint density at radius 1 is 1.30 bits per heavy atom. The fraction of sp³-hybridized carbons (Fsp3) is 0.250. The predicted octanol–water partition coefficient (Wildman–Crippen LogP) is 2.29. The van der Waals surface area contributed by atoms with Crippen molar-refractivity contribution in [2.45, 2.75) is 17.7 Å². The average molecular weight is 449 g/mol. The van der Waals surface area contributed by atoms with Gasteiger partial charge < -0.3 is 15.5 Å².